The molecule has 1 aliphatic carbocycles. The van der Waals surface area contributed by atoms with Gasteiger partial charge in [-0.1, -0.05) is 53.7 Å². The third-order valence-corrected chi connectivity index (χ3v) is 6.34. The molecule has 0 radical (unpaired) electrons. The summed E-state index contributed by atoms with van der Waals surface area (Å²) in [7, 11) is 0. The Bertz CT molecular complexity index is 1240. The number of nitrogens with zero attached hydrogens (tertiary/aromatic N) is 5. The second-order valence-corrected chi connectivity index (χ2v) is 8.59. The smallest absolute Gasteiger partial charge is 0.249 e. The van der Waals surface area contributed by atoms with Crippen LogP contribution in [-0.2, 0) is 11.3 Å². The number of carbonyl (C=O) groups is 1. The maximum atomic E-state index is 13.0. The molecule has 2 heterocycles. The van der Waals surface area contributed by atoms with Gasteiger partial charge in [0, 0.05) is 11.4 Å². The van der Waals surface area contributed by atoms with Crippen molar-refractivity contribution >= 4 is 40.2 Å². The third-order valence-electron chi connectivity index (χ3n) is 5.02. The molecule has 0 atom stereocenters. The van der Waals surface area contributed by atoms with E-state index in [1.807, 2.05) is 47.4 Å². The van der Waals surface area contributed by atoms with Crippen LogP contribution in [0.3, 0.4) is 0 Å². The summed E-state index contributed by atoms with van der Waals surface area (Å²) in [5.41, 5.74) is 1.54. The lowest BCUT2D eigenvalue weighted by molar-refractivity contribution is -0.129. The summed E-state index contributed by atoms with van der Waals surface area (Å²) < 4.78 is 5.80. The van der Waals surface area contributed by atoms with Gasteiger partial charge in [0.05, 0.1) is 28.4 Å². The number of para-hydroxylation sites is 1. The van der Waals surface area contributed by atoms with Gasteiger partial charge in [0.15, 0.2) is 0 Å². The highest BCUT2D eigenvalue weighted by Gasteiger charge is 2.33. The van der Waals surface area contributed by atoms with Crippen LogP contribution in [0.1, 0.15) is 18.7 Å². The van der Waals surface area contributed by atoms with Gasteiger partial charge in [-0.05, 0) is 31.0 Å². The zero-order valence-corrected chi connectivity index (χ0v) is 18.0. The number of fused-ring (bicyclic) bond motifs is 1. The number of amides is 1. The first-order chi connectivity index (χ1) is 15.2. The van der Waals surface area contributed by atoms with E-state index >= 15 is 0 Å². The highest BCUT2D eigenvalue weighted by atomic mass is 35.5. The van der Waals surface area contributed by atoms with Gasteiger partial charge in [-0.25, -0.2) is 9.97 Å². The van der Waals surface area contributed by atoms with Crippen molar-refractivity contribution in [1.82, 2.24) is 25.1 Å². The molecule has 1 amide bonds. The fourth-order valence-electron chi connectivity index (χ4n) is 3.32. The van der Waals surface area contributed by atoms with E-state index in [4.69, 9.17) is 16.0 Å². The molecule has 0 N–H and O–H groups in total. The molecule has 4 aromatic rings. The largest absolute Gasteiger partial charge is 0.419 e. The van der Waals surface area contributed by atoms with Crippen LogP contribution < -0.4 is 0 Å². The molecule has 5 rings (SSSR count). The van der Waals surface area contributed by atoms with E-state index in [2.05, 4.69) is 20.2 Å². The zero-order chi connectivity index (χ0) is 21.2. The number of thioether (sulfide) groups is 1. The minimum absolute atomic E-state index is 0.0210. The summed E-state index contributed by atoms with van der Waals surface area (Å²) in [6.45, 7) is 0.284. The average Bonchev–Trinajstić information content (AvgIpc) is 3.54. The Labute approximate surface area is 187 Å². The average molecular weight is 452 g/mol. The standard InChI is InChI=1S/C22H18ClN5O2S/c23-17-7-3-1-5-15(17)21-27-26-19(30-21)11-28(14-9-10-14)20(29)12-31-22-16-6-2-4-8-18(16)24-13-25-22/h1-8,13-14H,9-12H2. The molecule has 0 saturated heterocycles. The minimum atomic E-state index is 0.0210. The molecule has 7 nitrogen and oxygen atoms in total. The molecule has 1 fully saturated rings. The van der Waals surface area contributed by atoms with Crippen molar-refractivity contribution in [2.75, 3.05) is 5.75 Å². The Hall–Kier alpha value is -2.97. The Morgan fingerprint density at radius 1 is 1.10 bits per heavy atom. The van der Waals surface area contributed by atoms with Crippen LogP contribution in [-0.4, -0.2) is 42.8 Å². The lowest BCUT2D eigenvalue weighted by atomic mass is 10.2. The zero-order valence-electron chi connectivity index (χ0n) is 16.4. The highest BCUT2D eigenvalue weighted by molar-refractivity contribution is 8.00. The van der Waals surface area contributed by atoms with Gasteiger partial charge in [0.1, 0.15) is 11.4 Å². The predicted octanol–water partition coefficient (Wildman–Crippen LogP) is 4.62. The second kappa shape index (κ2) is 8.64. The topological polar surface area (TPSA) is 85.0 Å². The summed E-state index contributed by atoms with van der Waals surface area (Å²) in [5.74, 6) is 1.05. The number of rotatable bonds is 7. The third kappa shape index (κ3) is 4.40. The Balaban J connectivity index is 1.29. The van der Waals surface area contributed by atoms with Crippen molar-refractivity contribution in [3.05, 3.63) is 65.8 Å². The van der Waals surface area contributed by atoms with Gasteiger partial charge < -0.3 is 9.32 Å². The summed E-state index contributed by atoms with van der Waals surface area (Å²) in [6, 6.07) is 15.3. The van der Waals surface area contributed by atoms with Gasteiger partial charge in [-0.2, -0.15) is 0 Å². The Morgan fingerprint density at radius 3 is 2.74 bits per heavy atom. The number of hydrogen-bond donors (Lipinski definition) is 0. The number of aromatic nitrogens is 4. The predicted molar refractivity (Wildman–Crippen MR) is 119 cm³/mol. The van der Waals surface area contributed by atoms with Gasteiger partial charge in [-0.15, -0.1) is 10.2 Å². The van der Waals surface area contributed by atoms with Crippen LogP contribution in [0.4, 0.5) is 0 Å². The Morgan fingerprint density at radius 2 is 1.90 bits per heavy atom. The Kier molecular flexibility index (Phi) is 5.57. The van der Waals surface area contributed by atoms with Crippen LogP contribution in [0.5, 0.6) is 0 Å². The molecule has 9 heteroatoms. The number of carbonyl (C=O) groups excluding carboxylic acids is 1. The molecule has 1 saturated carbocycles. The molecule has 1 aliphatic rings. The maximum Gasteiger partial charge on any atom is 0.249 e. The van der Waals surface area contributed by atoms with E-state index in [1.165, 1.54) is 18.1 Å². The van der Waals surface area contributed by atoms with Crippen molar-refractivity contribution in [3.63, 3.8) is 0 Å². The first-order valence-corrected chi connectivity index (χ1v) is 11.2. The van der Waals surface area contributed by atoms with Crippen LogP contribution in [0.15, 0.2) is 64.3 Å². The summed E-state index contributed by atoms with van der Waals surface area (Å²) in [4.78, 5) is 23.5. The monoisotopic (exact) mass is 451 g/mol. The van der Waals surface area contributed by atoms with Crippen molar-refractivity contribution in [2.24, 2.45) is 0 Å². The van der Waals surface area contributed by atoms with E-state index in [9.17, 15) is 4.79 Å². The lowest BCUT2D eigenvalue weighted by Crippen LogP contribution is -2.34. The molecule has 2 aromatic heterocycles. The molecule has 156 valence electrons. The normalized spacial score (nSPS) is 13.5. The van der Waals surface area contributed by atoms with Crippen LogP contribution in [0.25, 0.3) is 22.4 Å². The van der Waals surface area contributed by atoms with E-state index < -0.39 is 0 Å². The molecular formula is C22H18ClN5O2S. The lowest BCUT2D eigenvalue weighted by Gasteiger charge is -2.20. The van der Waals surface area contributed by atoms with Gasteiger partial charge >= 0.3 is 0 Å². The molecular weight excluding hydrogens is 434 g/mol. The van der Waals surface area contributed by atoms with E-state index in [-0.39, 0.29) is 24.2 Å². The molecule has 0 spiro atoms. The number of halogens is 1. The SMILES string of the molecule is O=C(CSc1ncnc2ccccc12)N(Cc1nnc(-c2ccccc2Cl)o1)C1CC1. The van der Waals surface area contributed by atoms with Crippen molar-refractivity contribution in [3.8, 4) is 11.5 Å². The van der Waals surface area contributed by atoms with Gasteiger partial charge in [-0.3, -0.25) is 4.79 Å². The number of benzene rings is 2. The van der Waals surface area contributed by atoms with Crippen LogP contribution >= 0.6 is 23.4 Å². The minimum Gasteiger partial charge on any atom is -0.419 e. The molecule has 31 heavy (non-hydrogen) atoms. The van der Waals surface area contributed by atoms with E-state index in [0.717, 1.165) is 28.8 Å². The first-order valence-electron chi connectivity index (χ1n) is 9.88. The number of hydrogen-bond acceptors (Lipinski definition) is 7. The first kappa shape index (κ1) is 20.0. The molecule has 0 unspecified atom stereocenters. The van der Waals surface area contributed by atoms with Crippen molar-refractivity contribution in [2.45, 2.75) is 30.5 Å². The van der Waals surface area contributed by atoms with Gasteiger partial charge in [0.2, 0.25) is 17.7 Å². The quantitative estimate of drug-likeness (QED) is 0.299. The molecule has 2 aromatic carbocycles. The van der Waals surface area contributed by atoms with Crippen LogP contribution in [0.2, 0.25) is 5.02 Å². The molecule has 0 bridgehead atoms. The fraction of sp³-hybridized carbons (Fsp3) is 0.227. The fourth-order valence-corrected chi connectivity index (χ4v) is 4.41. The van der Waals surface area contributed by atoms with Crippen LogP contribution in [0, 0.1) is 0 Å². The van der Waals surface area contributed by atoms with Crippen molar-refractivity contribution < 1.29 is 9.21 Å². The summed E-state index contributed by atoms with van der Waals surface area (Å²) in [5, 5.41) is 10.5. The summed E-state index contributed by atoms with van der Waals surface area (Å²) in [6.07, 6.45) is 3.50. The van der Waals surface area contributed by atoms with Crippen molar-refractivity contribution in [1.29, 1.82) is 0 Å². The highest BCUT2D eigenvalue weighted by Crippen LogP contribution is 2.32. The second-order valence-electron chi connectivity index (χ2n) is 7.22. The van der Waals surface area contributed by atoms with Gasteiger partial charge in [0.25, 0.3) is 0 Å². The summed E-state index contributed by atoms with van der Waals surface area (Å²) >= 11 is 7.64. The maximum absolute atomic E-state index is 13.0. The van der Waals surface area contributed by atoms with E-state index in [1.54, 1.807) is 6.07 Å². The molecule has 0 aliphatic heterocycles. The van der Waals surface area contributed by atoms with E-state index in [0.29, 0.717) is 22.4 Å².